The first-order valence-corrected chi connectivity index (χ1v) is 8.39. The zero-order valence-corrected chi connectivity index (χ0v) is 13.8. The minimum Gasteiger partial charge on any atom is -0.376 e. The average Bonchev–Trinajstić information content (AvgIpc) is 3.30. The number of hydrogen-bond acceptors (Lipinski definition) is 4. The quantitative estimate of drug-likeness (QED) is 0.849. The topological polar surface area (TPSA) is 81.1 Å². The number of hydrogen-bond donors (Lipinski definition) is 2. The highest BCUT2D eigenvalue weighted by Crippen LogP contribution is 2.17. The van der Waals surface area contributed by atoms with E-state index in [9.17, 15) is 4.79 Å². The van der Waals surface area contributed by atoms with Gasteiger partial charge in [0.2, 0.25) is 0 Å². The number of nitrogens with zero attached hydrogens (tertiary/aromatic N) is 3. The third kappa shape index (κ3) is 4.11. The molecule has 2 heterocycles. The lowest BCUT2D eigenvalue weighted by Gasteiger charge is -2.22. The maximum absolute atomic E-state index is 12.1. The largest absolute Gasteiger partial charge is 0.376 e. The molecule has 2 atom stereocenters. The van der Waals surface area contributed by atoms with E-state index < -0.39 is 0 Å². The van der Waals surface area contributed by atoms with Gasteiger partial charge in [0, 0.05) is 6.61 Å². The van der Waals surface area contributed by atoms with Crippen molar-refractivity contribution in [1.29, 1.82) is 0 Å². The summed E-state index contributed by atoms with van der Waals surface area (Å²) in [6.07, 6.45) is 4.85. The Hall–Kier alpha value is -2.41. The molecule has 0 spiro atoms. The molecule has 7 heteroatoms. The predicted octanol–water partition coefficient (Wildman–Crippen LogP) is 2.02. The lowest BCUT2D eigenvalue weighted by atomic mass is 10.1. The molecule has 2 aromatic rings. The van der Waals surface area contributed by atoms with Gasteiger partial charge >= 0.3 is 6.03 Å². The lowest BCUT2D eigenvalue weighted by Crippen LogP contribution is -2.47. The van der Waals surface area contributed by atoms with Crippen molar-refractivity contribution in [1.82, 2.24) is 25.6 Å². The van der Waals surface area contributed by atoms with E-state index in [1.54, 1.807) is 4.68 Å². The first-order valence-electron chi connectivity index (χ1n) is 8.39. The van der Waals surface area contributed by atoms with Crippen LogP contribution in [0.5, 0.6) is 0 Å². The van der Waals surface area contributed by atoms with Gasteiger partial charge in [-0.2, -0.15) is 0 Å². The number of carbonyl (C=O) groups excluding carboxylic acids is 1. The van der Waals surface area contributed by atoms with Gasteiger partial charge < -0.3 is 15.4 Å². The van der Waals surface area contributed by atoms with Crippen molar-refractivity contribution >= 4 is 6.03 Å². The number of nitrogens with one attached hydrogen (secondary N) is 2. The van der Waals surface area contributed by atoms with Gasteiger partial charge in [-0.15, -0.1) is 5.10 Å². The number of aromatic nitrogens is 3. The molecule has 1 aromatic heterocycles. The molecule has 1 aromatic carbocycles. The van der Waals surface area contributed by atoms with Crippen molar-refractivity contribution in [2.45, 2.75) is 44.9 Å². The monoisotopic (exact) mass is 329 g/mol. The molecule has 0 bridgehead atoms. The fraction of sp³-hybridized carbons (Fsp3) is 0.471. The summed E-state index contributed by atoms with van der Waals surface area (Å²) in [6.45, 7) is 3.17. The van der Waals surface area contributed by atoms with Gasteiger partial charge in [-0.3, -0.25) is 0 Å². The van der Waals surface area contributed by atoms with Crippen molar-refractivity contribution in [2.75, 3.05) is 6.61 Å². The van der Waals surface area contributed by atoms with E-state index >= 15 is 0 Å². The second-order valence-corrected chi connectivity index (χ2v) is 5.88. The van der Waals surface area contributed by atoms with Crippen LogP contribution >= 0.6 is 0 Å². The number of amides is 2. The average molecular weight is 329 g/mol. The van der Waals surface area contributed by atoms with Crippen LogP contribution < -0.4 is 10.6 Å². The van der Waals surface area contributed by atoms with Crippen LogP contribution in [0.4, 0.5) is 4.79 Å². The third-order valence-corrected chi connectivity index (χ3v) is 4.16. The molecule has 24 heavy (non-hydrogen) atoms. The predicted molar refractivity (Wildman–Crippen MR) is 89.8 cm³/mol. The van der Waals surface area contributed by atoms with Crippen molar-refractivity contribution < 1.29 is 9.53 Å². The Balaban J connectivity index is 1.50. The van der Waals surface area contributed by atoms with Crippen molar-refractivity contribution in [3.05, 3.63) is 42.2 Å². The van der Waals surface area contributed by atoms with E-state index in [1.807, 2.05) is 36.5 Å². The zero-order valence-electron chi connectivity index (χ0n) is 13.8. The van der Waals surface area contributed by atoms with Crippen LogP contribution in [0.15, 0.2) is 36.5 Å². The minimum atomic E-state index is -0.202. The third-order valence-electron chi connectivity index (χ3n) is 4.16. The summed E-state index contributed by atoms with van der Waals surface area (Å²) in [4.78, 5) is 12.1. The smallest absolute Gasteiger partial charge is 0.315 e. The van der Waals surface area contributed by atoms with Gasteiger partial charge in [0.25, 0.3) is 0 Å². The molecule has 2 unspecified atom stereocenters. The second kappa shape index (κ2) is 7.92. The Morgan fingerprint density at radius 3 is 2.96 bits per heavy atom. The Bertz CT molecular complexity index is 652. The maximum Gasteiger partial charge on any atom is 0.315 e. The molecule has 1 aliphatic heterocycles. The minimum absolute atomic E-state index is 0.0486. The molecule has 2 amide bonds. The first-order chi connectivity index (χ1) is 11.8. The lowest BCUT2D eigenvalue weighted by molar-refractivity contribution is 0.0796. The Morgan fingerprint density at radius 2 is 2.25 bits per heavy atom. The van der Waals surface area contributed by atoms with Crippen LogP contribution in [0.25, 0.3) is 5.69 Å². The summed E-state index contributed by atoms with van der Waals surface area (Å²) in [5.41, 5.74) is 1.64. The molecule has 0 aliphatic carbocycles. The van der Waals surface area contributed by atoms with Crippen LogP contribution in [0.2, 0.25) is 0 Å². The molecule has 128 valence electrons. The number of para-hydroxylation sites is 1. The highest BCUT2D eigenvalue weighted by atomic mass is 16.5. The Labute approximate surface area is 141 Å². The normalized spacial score (nSPS) is 18.3. The summed E-state index contributed by atoms with van der Waals surface area (Å²) in [7, 11) is 0. The molecular weight excluding hydrogens is 306 g/mol. The van der Waals surface area contributed by atoms with E-state index in [4.69, 9.17) is 4.74 Å². The molecule has 0 saturated carbocycles. The molecule has 1 saturated heterocycles. The van der Waals surface area contributed by atoms with Crippen LogP contribution in [0.1, 0.15) is 31.9 Å². The van der Waals surface area contributed by atoms with Crippen LogP contribution in [0, 0.1) is 0 Å². The number of rotatable bonds is 6. The van der Waals surface area contributed by atoms with Crippen molar-refractivity contribution in [3.63, 3.8) is 0 Å². The zero-order chi connectivity index (χ0) is 16.8. The Kier molecular flexibility index (Phi) is 5.43. The first kappa shape index (κ1) is 16.4. The number of benzene rings is 1. The number of ether oxygens (including phenoxy) is 1. The Morgan fingerprint density at radius 1 is 1.42 bits per heavy atom. The van der Waals surface area contributed by atoms with Crippen LogP contribution in [0.3, 0.4) is 0 Å². The molecule has 3 rings (SSSR count). The van der Waals surface area contributed by atoms with Gasteiger partial charge in [-0.1, -0.05) is 30.3 Å². The summed E-state index contributed by atoms with van der Waals surface area (Å²) in [6, 6.07) is 9.58. The van der Waals surface area contributed by atoms with Crippen LogP contribution in [-0.4, -0.2) is 39.8 Å². The fourth-order valence-corrected chi connectivity index (χ4v) is 2.85. The SMILES string of the molecule is CCC(NC(=O)NCc1cn(-c2ccccc2)nn1)C1CCCO1. The van der Waals surface area contributed by atoms with Gasteiger partial charge in [0.1, 0.15) is 5.69 Å². The van der Waals surface area contributed by atoms with Gasteiger partial charge in [-0.25, -0.2) is 9.48 Å². The van der Waals surface area contributed by atoms with Gasteiger partial charge in [0.15, 0.2) is 0 Å². The standard InChI is InChI=1S/C17H23N5O2/c1-2-15(16-9-6-10-24-16)19-17(23)18-11-13-12-22(21-20-13)14-7-4-3-5-8-14/h3-5,7-8,12,15-16H,2,6,9-11H2,1H3,(H2,18,19,23). The highest BCUT2D eigenvalue weighted by molar-refractivity contribution is 5.74. The van der Waals surface area contributed by atoms with Gasteiger partial charge in [0.05, 0.1) is 30.6 Å². The highest BCUT2D eigenvalue weighted by Gasteiger charge is 2.25. The van der Waals surface area contributed by atoms with Crippen LogP contribution in [-0.2, 0) is 11.3 Å². The van der Waals surface area contributed by atoms with Gasteiger partial charge in [-0.05, 0) is 31.4 Å². The fourth-order valence-electron chi connectivity index (χ4n) is 2.85. The van der Waals surface area contributed by atoms with E-state index in [2.05, 4.69) is 27.9 Å². The molecule has 2 N–H and O–H groups in total. The molecule has 7 nitrogen and oxygen atoms in total. The van der Waals surface area contributed by atoms with E-state index in [-0.39, 0.29) is 18.2 Å². The summed E-state index contributed by atoms with van der Waals surface area (Å²) in [5, 5.41) is 14.0. The number of carbonyl (C=O) groups is 1. The van der Waals surface area contributed by atoms with E-state index in [0.717, 1.165) is 31.6 Å². The van der Waals surface area contributed by atoms with E-state index in [0.29, 0.717) is 12.2 Å². The molecule has 0 radical (unpaired) electrons. The second-order valence-electron chi connectivity index (χ2n) is 5.88. The molecule has 1 fully saturated rings. The molecule has 1 aliphatic rings. The van der Waals surface area contributed by atoms with E-state index in [1.165, 1.54) is 0 Å². The summed E-state index contributed by atoms with van der Waals surface area (Å²) < 4.78 is 7.34. The van der Waals surface area contributed by atoms with Crippen molar-refractivity contribution in [2.24, 2.45) is 0 Å². The summed E-state index contributed by atoms with van der Waals surface area (Å²) >= 11 is 0. The van der Waals surface area contributed by atoms with Crippen molar-refractivity contribution in [3.8, 4) is 5.69 Å². The summed E-state index contributed by atoms with van der Waals surface area (Å²) in [5.74, 6) is 0. The maximum atomic E-state index is 12.1. The molecular formula is C17H23N5O2. The number of urea groups is 1.